The van der Waals surface area contributed by atoms with Crippen LogP contribution in [0.3, 0.4) is 0 Å². The van der Waals surface area contributed by atoms with Crippen molar-refractivity contribution in [1.29, 1.82) is 0 Å². The Bertz CT molecular complexity index is 744. The van der Waals surface area contributed by atoms with Gasteiger partial charge in [-0.2, -0.15) is 0 Å². The van der Waals surface area contributed by atoms with Gasteiger partial charge in [-0.3, -0.25) is 9.59 Å². The van der Waals surface area contributed by atoms with Gasteiger partial charge in [0.25, 0.3) is 0 Å². The number of nitrogens with one attached hydrogen (secondary N) is 1. The number of ether oxygens (including phenoxy) is 1. The number of phenols is 1. The molecule has 1 unspecified atom stereocenters. The molecule has 0 bridgehead atoms. The molecule has 3 atom stereocenters. The number of thiocarbonyl (C=S) groups is 1. The highest BCUT2D eigenvalue weighted by molar-refractivity contribution is 9.09. The van der Waals surface area contributed by atoms with Crippen LogP contribution in [0, 0.1) is 0 Å². The molecule has 1 aromatic carbocycles. The molecule has 0 aliphatic carbocycles. The molecule has 11 heteroatoms. The zero-order valence-electron chi connectivity index (χ0n) is 14.0. The number of hydrogen-bond acceptors (Lipinski definition) is 7. The van der Waals surface area contributed by atoms with Crippen LogP contribution in [-0.4, -0.2) is 68.5 Å². The van der Waals surface area contributed by atoms with Gasteiger partial charge in [0.15, 0.2) is 11.7 Å². The van der Waals surface area contributed by atoms with E-state index in [1.54, 1.807) is 0 Å². The van der Waals surface area contributed by atoms with E-state index in [0.29, 0.717) is 10.9 Å². The Labute approximate surface area is 168 Å². The standard InChI is InChI=1S/C16H18BrN3O6S/c17-5-10-14(16(25)20(10)6-12(27)26-7-11(22)23)19-15(24)13(18)8-1-3-9(21)4-2-8/h1-4,10,13-14,21H,5-7,18H2,(H,19,24)(H,22,23)/t10-,13?,14+/m0/s1. The number of carbonyl (C=O) groups is 3. The van der Waals surface area contributed by atoms with E-state index in [4.69, 9.17) is 27.8 Å². The van der Waals surface area contributed by atoms with Gasteiger partial charge < -0.3 is 30.9 Å². The molecule has 9 nitrogen and oxygen atoms in total. The first-order chi connectivity index (χ1) is 12.7. The number of aromatic hydroxyl groups is 1. The molecule has 2 rings (SSSR count). The molecular weight excluding hydrogens is 442 g/mol. The number of rotatable bonds is 8. The predicted octanol–water partition coefficient (Wildman–Crippen LogP) is -0.0889. The molecule has 1 saturated heterocycles. The van der Waals surface area contributed by atoms with E-state index in [1.807, 2.05) is 0 Å². The van der Waals surface area contributed by atoms with E-state index >= 15 is 0 Å². The van der Waals surface area contributed by atoms with Crippen molar-refractivity contribution in [3.05, 3.63) is 29.8 Å². The third-order valence-corrected chi connectivity index (χ3v) is 4.89. The van der Waals surface area contributed by atoms with Crippen molar-refractivity contribution in [1.82, 2.24) is 10.2 Å². The van der Waals surface area contributed by atoms with Crippen molar-refractivity contribution in [3.63, 3.8) is 0 Å². The van der Waals surface area contributed by atoms with E-state index in [-0.39, 0.29) is 29.3 Å². The fourth-order valence-electron chi connectivity index (χ4n) is 2.53. The number of hydrogen-bond donors (Lipinski definition) is 4. The van der Waals surface area contributed by atoms with Crippen LogP contribution in [0.4, 0.5) is 0 Å². The second kappa shape index (κ2) is 9.11. The summed E-state index contributed by atoms with van der Waals surface area (Å²) in [6.45, 7) is -0.629. The summed E-state index contributed by atoms with van der Waals surface area (Å²) in [4.78, 5) is 36.5. The number of benzene rings is 1. The number of likely N-dealkylation sites (tertiary alicyclic amines) is 1. The smallest absolute Gasteiger partial charge is 0.341 e. The van der Waals surface area contributed by atoms with Crippen LogP contribution in [-0.2, 0) is 19.1 Å². The Morgan fingerprint density at radius 1 is 1.37 bits per heavy atom. The molecule has 0 spiro atoms. The topological polar surface area (TPSA) is 142 Å². The quantitative estimate of drug-likeness (QED) is 0.240. The van der Waals surface area contributed by atoms with E-state index in [2.05, 4.69) is 21.2 Å². The van der Waals surface area contributed by atoms with Gasteiger partial charge in [-0.05, 0) is 29.9 Å². The maximum absolute atomic E-state index is 12.3. The van der Waals surface area contributed by atoms with Gasteiger partial charge in [0.2, 0.25) is 11.8 Å². The highest BCUT2D eigenvalue weighted by Crippen LogP contribution is 2.23. The van der Waals surface area contributed by atoms with Crippen molar-refractivity contribution in [3.8, 4) is 5.75 Å². The first-order valence-electron chi connectivity index (χ1n) is 7.83. The number of nitrogens with zero attached hydrogens (tertiary/aromatic N) is 1. The molecule has 27 heavy (non-hydrogen) atoms. The summed E-state index contributed by atoms with van der Waals surface area (Å²) in [7, 11) is 0. The molecule has 0 aromatic heterocycles. The SMILES string of the molecule is NC(C(=O)N[C@H]1C(=O)N(CC(=S)OCC(=O)O)[C@H]1CBr)c1ccc(O)cc1. The Morgan fingerprint density at radius 3 is 2.56 bits per heavy atom. The molecule has 1 aliphatic rings. The minimum atomic E-state index is -1.17. The lowest BCUT2D eigenvalue weighted by molar-refractivity contribution is -0.151. The van der Waals surface area contributed by atoms with E-state index in [1.165, 1.54) is 29.2 Å². The second-order valence-corrected chi connectivity index (χ2v) is 6.90. The van der Waals surface area contributed by atoms with Gasteiger partial charge in [0, 0.05) is 5.33 Å². The third-order valence-electron chi connectivity index (χ3n) is 3.98. The number of nitrogens with two attached hydrogens (primary N) is 1. The molecule has 1 aromatic rings. The van der Waals surface area contributed by atoms with Crippen LogP contribution in [0.1, 0.15) is 11.6 Å². The van der Waals surface area contributed by atoms with Gasteiger partial charge >= 0.3 is 5.97 Å². The average molecular weight is 460 g/mol. The number of aliphatic carboxylic acids is 1. The number of amides is 2. The lowest BCUT2D eigenvalue weighted by Crippen LogP contribution is -2.72. The van der Waals surface area contributed by atoms with Crippen molar-refractivity contribution in [2.45, 2.75) is 18.1 Å². The van der Waals surface area contributed by atoms with Crippen LogP contribution in [0.15, 0.2) is 24.3 Å². The lowest BCUT2D eigenvalue weighted by Gasteiger charge is -2.46. The number of alkyl halides is 1. The maximum atomic E-state index is 12.3. The Hall–Kier alpha value is -2.24. The molecule has 5 N–H and O–H groups in total. The monoisotopic (exact) mass is 459 g/mol. The molecule has 1 fully saturated rings. The summed E-state index contributed by atoms with van der Waals surface area (Å²) in [6, 6.07) is 3.73. The summed E-state index contributed by atoms with van der Waals surface area (Å²) in [5, 5.41) is 20.8. The highest BCUT2D eigenvalue weighted by Gasteiger charge is 2.48. The van der Waals surface area contributed by atoms with Crippen LogP contribution in [0.2, 0.25) is 0 Å². The summed E-state index contributed by atoms with van der Waals surface area (Å²) < 4.78 is 4.87. The Balaban J connectivity index is 1.94. The number of carboxylic acids is 1. The summed E-state index contributed by atoms with van der Waals surface area (Å²) in [5.74, 6) is -2.02. The van der Waals surface area contributed by atoms with Crippen molar-refractivity contribution >= 4 is 51.0 Å². The van der Waals surface area contributed by atoms with Crippen LogP contribution >= 0.6 is 28.1 Å². The normalized spacial score (nSPS) is 19.8. The Kier molecular flexibility index (Phi) is 7.11. The van der Waals surface area contributed by atoms with Crippen molar-refractivity contribution in [2.24, 2.45) is 5.73 Å². The summed E-state index contributed by atoms with van der Waals surface area (Å²) in [6.07, 6.45) is 0. The largest absolute Gasteiger partial charge is 0.508 e. The number of carboxylic acid groups (broad SMARTS) is 1. The number of phenolic OH excluding ortho intramolecular Hbond substituents is 1. The second-order valence-electron chi connectivity index (χ2n) is 5.80. The molecule has 1 heterocycles. The summed E-state index contributed by atoms with van der Waals surface area (Å²) in [5.41, 5.74) is 6.40. The number of β-lactam (4-membered cyclic amide) rings is 1. The molecular formula is C16H18BrN3O6S. The lowest BCUT2D eigenvalue weighted by atomic mass is 9.95. The zero-order valence-corrected chi connectivity index (χ0v) is 16.4. The van der Waals surface area contributed by atoms with Gasteiger partial charge in [0.1, 0.15) is 17.8 Å². The fraction of sp³-hybridized carbons (Fsp3) is 0.375. The first-order valence-corrected chi connectivity index (χ1v) is 9.36. The van der Waals surface area contributed by atoms with Gasteiger partial charge in [0.05, 0.1) is 12.6 Å². The van der Waals surface area contributed by atoms with Crippen LogP contribution < -0.4 is 11.1 Å². The average Bonchev–Trinajstić information content (AvgIpc) is 2.64. The third kappa shape index (κ3) is 5.15. The molecule has 0 radical (unpaired) electrons. The minimum Gasteiger partial charge on any atom is -0.508 e. The summed E-state index contributed by atoms with van der Waals surface area (Å²) >= 11 is 8.21. The zero-order chi connectivity index (χ0) is 20.1. The highest BCUT2D eigenvalue weighted by atomic mass is 79.9. The van der Waals surface area contributed by atoms with Crippen molar-refractivity contribution < 1.29 is 29.3 Å². The van der Waals surface area contributed by atoms with Gasteiger partial charge in [-0.25, -0.2) is 4.79 Å². The van der Waals surface area contributed by atoms with E-state index < -0.39 is 30.6 Å². The number of carbonyl (C=O) groups excluding carboxylic acids is 2. The number of halogens is 1. The predicted molar refractivity (Wildman–Crippen MR) is 102 cm³/mol. The molecule has 2 amide bonds. The Morgan fingerprint density at radius 2 is 2.00 bits per heavy atom. The maximum Gasteiger partial charge on any atom is 0.341 e. The minimum absolute atomic E-state index is 0.0257. The van der Waals surface area contributed by atoms with E-state index in [0.717, 1.165) is 0 Å². The van der Waals surface area contributed by atoms with Gasteiger partial charge in [-0.1, -0.05) is 28.1 Å². The van der Waals surface area contributed by atoms with Gasteiger partial charge in [-0.15, -0.1) is 0 Å². The molecule has 0 saturated carbocycles. The molecule has 146 valence electrons. The first kappa shape index (κ1) is 21.1. The van der Waals surface area contributed by atoms with Crippen LogP contribution in [0.5, 0.6) is 5.75 Å². The van der Waals surface area contributed by atoms with E-state index in [9.17, 15) is 19.5 Å². The van der Waals surface area contributed by atoms with Crippen LogP contribution in [0.25, 0.3) is 0 Å². The van der Waals surface area contributed by atoms with Crippen molar-refractivity contribution in [2.75, 3.05) is 18.5 Å². The molecule has 1 aliphatic heterocycles. The fourth-order valence-corrected chi connectivity index (χ4v) is 3.45.